The number of amides is 1. The van der Waals surface area contributed by atoms with Crippen LogP contribution < -0.4 is 10.6 Å². The summed E-state index contributed by atoms with van der Waals surface area (Å²) in [6.07, 6.45) is 0. The Morgan fingerprint density at radius 1 is 1.35 bits per heavy atom. The van der Waals surface area contributed by atoms with Gasteiger partial charge in [-0.25, -0.2) is 9.37 Å². The van der Waals surface area contributed by atoms with Gasteiger partial charge in [-0.15, -0.1) is 0 Å². The zero-order valence-corrected chi connectivity index (χ0v) is 11.4. The third kappa shape index (κ3) is 2.93. The van der Waals surface area contributed by atoms with E-state index >= 15 is 0 Å². The van der Waals surface area contributed by atoms with Gasteiger partial charge in [0, 0.05) is 23.5 Å². The summed E-state index contributed by atoms with van der Waals surface area (Å²) in [5, 5.41) is 0. The predicted molar refractivity (Wildman–Crippen MR) is 77.1 cm³/mol. The molecule has 4 nitrogen and oxygen atoms in total. The van der Waals surface area contributed by atoms with Gasteiger partial charge in [0.15, 0.2) is 0 Å². The van der Waals surface area contributed by atoms with Gasteiger partial charge in [-0.05, 0) is 44.2 Å². The lowest BCUT2D eigenvalue weighted by Crippen LogP contribution is -2.30. The van der Waals surface area contributed by atoms with Crippen LogP contribution in [-0.4, -0.2) is 17.4 Å². The van der Waals surface area contributed by atoms with Gasteiger partial charge >= 0.3 is 0 Å². The molecule has 0 radical (unpaired) electrons. The molecule has 1 aromatic heterocycles. The number of hydrogen-bond donors (Lipinski definition) is 1. The molecule has 104 valence electrons. The Kier molecular flexibility index (Phi) is 3.98. The number of nitrogens with two attached hydrogens (primary N) is 1. The maximum absolute atomic E-state index is 13.3. The molecule has 0 aliphatic heterocycles. The maximum atomic E-state index is 13.3. The van der Waals surface area contributed by atoms with Crippen molar-refractivity contribution in [2.45, 2.75) is 13.8 Å². The lowest BCUT2D eigenvalue weighted by Gasteiger charge is -2.21. The Morgan fingerprint density at radius 3 is 2.70 bits per heavy atom. The average Bonchev–Trinajstić information content (AvgIpc) is 2.38. The molecule has 0 unspecified atom stereocenters. The van der Waals surface area contributed by atoms with Crippen molar-refractivity contribution in [2.75, 3.05) is 17.2 Å². The van der Waals surface area contributed by atoms with E-state index in [9.17, 15) is 9.18 Å². The second-order valence-corrected chi connectivity index (χ2v) is 4.45. The maximum Gasteiger partial charge on any atom is 0.258 e. The highest BCUT2D eigenvalue weighted by Gasteiger charge is 2.17. The summed E-state index contributed by atoms with van der Waals surface area (Å²) >= 11 is 0. The van der Waals surface area contributed by atoms with Crippen molar-refractivity contribution in [3.63, 3.8) is 0 Å². The number of aromatic nitrogens is 1. The number of pyridine rings is 1. The summed E-state index contributed by atoms with van der Waals surface area (Å²) < 4.78 is 13.3. The Hall–Kier alpha value is -2.43. The van der Waals surface area contributed by atoms with Gasteiger partial charge in [-0.3, -0.25) is 4.79 Å². The number of carbonyl (C=O) groups excluding carboxylic acids is 1. The van der Waals surface area contributed by atoms with Gasteiger partial charge in [-0.1, -0.05) is 6.07 Å². The third-order valence-electron chi connectivity index (χ3n) is 2.90. The monoisotopic (exact) mass is 273 g/mol. The molecule has 5 heteroatoms. The van der Waals surface area contributed by atoms with Crippen LogP contribution in [0.25, 0.3) is 0 Å². The van der Waals surface area contributed by atoms with Crippen molar-refractivity contribution in [3.8, 4) is 0 Å². The quantitative estimate of drug-likeness (QED) is 0.935. The fourth-order valence-corrected chi connectivity index (χ4v) is 2.06. The normalized spacial score (nSPS) is 10.3. The molecular weight excluding hydrogens is 257 g/mol. The predicted octanol–water partition coefficient (Wildman–Crippen LogP) is 2.78. The van der Waals surface area contributed by atoms with Gasteiger partial charge in [0.25, 0.3) is 5.91 Å². The lowest BCUT2D eigenvalue weighted by molar-refractivity contribution is 0.0988. The van der Waals surface area contributed by atoms with Crippen molar-refractivity contribution in [3.05, 3.63) is 53.5 Å². The molecule has 2 aromatic rings. The minimum Gasteiger partial charge on any atom is -0.384 e. The van der Waals surface area contributed by atoms with E-state index in [0.717, 1.165) is 0 Å². The van der Waals surface area contributed by atoms with Crippen LogP contribution in [0.4, 0.5) is 15.9 Å². The molecular formula is C15H16FN3O. The lowest BCUT2D eigenvalue weighted by atomic mass is 10.1. The number of aryl methyl sites for hydroxylation is 1. The number of carbonyl (C=O) groups is 1. The minimum atomic E-state index is -0.376. The second-order valence-electron chi connectivity index (χ2n) is 4.45. The molecule has 0 saturated heterocycles. The standard InChI is InChI=1S/C15H16FN3O/c1-3-19(13-6-4-5-12(16)9-13)15(20)11-7-10(2)18-14(17)8-11/h4-9H,3H2,1-2H3,(H2,17,18). The van der Waals surface area contributed by atoms with E-state index in [1.807, 2.05) is 6.92 Å². The molecule has 0 aliphatic carbocycles. The molecule has 2 N–H and O–H groups in total. The molecule has 1 heterocycles. The largest absolute Gasteiger partial charge is 0.384 e. The summed E-state index contributed by atoms with van der Waals surface area (Å²) in [6.45, 7) is 4.04. The van der Waals surface area contributed by atoms with E-state index in [4.69, 9.17) is 5.73 Å². The van der Waals surface area contributed by atoms with Crippen LogP contribution in [0.15, 0.2) is 36.4 Å². The summed E-state index contributed by atoms with van der Waals surface area (Å²) in [4.78, 5) is 18.0. The highest BCUT2D eigenvalue weighted by atomic mass is 19.1. The van der Waals surface area contributed by atoms with Crippen molar-refractivity contribution in [2.24, 2.45) is 0 Å². The number of benzene rings is 1. The molecule has 2 rings (SSSR count). The smallest absolute Gasteiger partial charge is 0.258 e. The Bertz CT molecular complexity index is 623. The number of nitrogen functional groups attached to an aromatic ring is 1. The molecule has 0 saturated carbocycles. The van der Waals surface area contributed by atoms with E-state index < -0.39 is 0 Å². The number of rotatable bonds is 3. The SMILES string of the molecule is CCN(C(=O)c1cc(C)nc(N)c1)c1cccc(F)c1. The van der Waals surface area contributed by atoms with Crippen LogP contribution in [0, 0.1) is 12.7 Å². The van der Waals surface area contributed by atoms with Gasteiger partial charge in [0.1, 0.15) is 11.6 Å². The van der Waals surface area contributed by atoms with E-state index in [1.54, 1.807) is 25.1 Å². The Morgan fingerprint density at radius 2 is 2.10 bits per heavy atom. The van der Waals surface area contributed by atoms with Crippen LogP contribution in [-0.2, 0) is 0 Å². The van der Waals surface area contributed by atoms with Crippen molar-refractivity contribution in [1.29, 1.82) is 0 Å². The van der Waals surface area contributed by atoms with Crippen molar-refractivity contribution >= 4 is 17.4 Å². The topological polar surface area (TPSA) is 59.2 Å². The first-order valence-electron chi connectivity index (χ1n) is 6.33. The van der Waals surface area contributed by atoms with Gasteiger partial charge in [0.2, 0.25) is 0 Å². The first-order chi connectivity index (χ1) is 9.51. The van der Waals surface area contributed by atoms with Crippen LogP contribution >= 0.6 is 0 Å². The summed E-state index contributed by atoms with van der Waals surface area (Å²) in [5.74, 6) is -0.307. The van der Waals surface area contributed by atoms with Crippen LogP contribution in [0.2, 0.25) is 0 Å². The number of nitrogens with zero attached hydrogens (tertiary/aromatic N) is 2. The highest BCUT2D eigenvalue weighted by Crippen LogP contribution is 2.19. The van der Waals surface area contributed by atoms with Crippen LogP contribution in [0.5, 0.6) is 0 Å². The first-order valence-corrected chi connectivity index (χ1v) is 6.33. The summed E-state index contributed by atoms with van der Waals surface area (Å²) in [5.41, 5.74) is 7.29. The zero-order valence-electron chi connectivity index (χ0n) is 11.4. The summed E-state index contributed by atoms with van der Waals surface area (Å²) in [7, 11) is 0. The van der Waals surface area contributed by atoms with E-state index in [0.29, 0.717) is 29.3 Å². The molecule has 1 aromatic carbocycles. The Labute approximate surface area is 117 Å². The molecule has 0 aliphatic rings. The van der Waals surface area contributed by atoms with Gasteiger partial charge < -0.3 is 10.6 Å². The third-order valence-corrected chi connectivity index (χ3v) is 2.90. The van der Waals surface area contributed by atoms with E-state index in [1.165, 1.54) is 23.1 Å². The molecule has 0 spiro atoms. The van der Waals surface area contributed by atoms with Crippen molar-refractivity contribution in [1.82, 2.24) is 4.98 Å². The fourth-order valence-electron chi connectivity index (χ4n) is 2.06. The average molecular weight is 273 g/mol. The Balaban J connectivity index is 2.38. The van der Waals surface area contributed by atoms with Crippen LogP contribution in [0.3, 0.4) is 0 Å². The van der Waals surface area contributed by atoms with E-state index in [-0.39, 0.29) is 11.7 Å². The molecule has 1 amide bonds. The first kappa shape index (κ1) is 14.0. The van der Waals surface area contributed by atoms with Gasteiger partial charge in [-0.2, -0.15) is 0 Å². The molecule has 0 atom stereocenters. The van der Waals surface area contributed by atoms with Crippen molar-refractivity contribution < 1.29 is 9.18 Å². The molecule has 20 heavy (non-hydrogen) atoms. The molecule has 0 bridgehead atoms. The highest BCUT2D eigenvalue weighted by molar-refractivity contribution is 6.06. The minimum absolute atomic E-state index is 0.227. The zero-order chi connectivity index (χ0) is 14.7. The van der Waals surface area contributed by atoms with Gasteiger partial charge in [0.05, 0.1) is 0 Å². The molecule has 0 fully saturated rings. The number of halogens is 1. The number of hydrogen-bond acceptors (Lipinski definition) is 3. The fraction of sp³-hybridized carbons (Fsp3) is 0.200. The van der Waals surface area contributed by atoms with Crippen LogP contribution in [0.1, 0.15) is 23.0 Å². The summed E-state index contributed by atoms with van der Waals surface area (Å²) in [6, 6.07) is 9.14. The second kappa shape index (κ2) is 5.69. The van der Waals surface area contributed by atoms with E-state index in [2.05, 4.69) is 4.98 Å². The number of anilines is 2.